The lowest BCUT2D eigenvalue weighted by Crippen LogP contribution is -2.32. The molecule has 0 spiro atoms. The van der Waals surface area contributed by atoms with E-state index >= 15 is 0 Å². The Morgan fingerprint density at radius 2 is 1.83 bits per heavy atom. The summed E-state index contributed by atoms with van der Waals surface area (Å²) >= 11 is 0. The summed E-state index contributed by atoms with van der Waals surface area (Å²) in [6.07, 6.45) is 1.07. The first-order valence-electron chi connectivity index (χ1n) is 7.92. The van der Waals surface area contributed by atoms with Crippen LogP contribution in [0.1, 0.15) is 25.8 Å². The minimum Gasteiger partial charge on any atom is -0.326 e. The Morgan fingerprint density at radius 1 is 1.12 bits per heavy atom. The average Bonchev–Trinajstić information content (AvgIpc) is 2.55. The van der Waals surface area contributed by atoms with Crippen LogP contribution in [-0.2, 0) is 16.0 Å². The Hall–Kier alpha value is -2.69. The molecule has 0 aliphatic carbocycles. The van der Waals surface area contributed by atoms with Crippen LogP contribution < -0.4 is 10.2 Å². The van der Waals surface area contributed by atoms with E-state index in [0.717, 1.165) is 12.1 Å². The van der Waals surface area contributed by atoms with E-state index in [4.69, 9.17) is 0 Å². The third-order valence-corrected chi connectivity index (χ3v) is 3.71. The van der Waals surface area contributed by atoms with E-state index in [0.29, 0.717) is 5.69 Å². The van der Waals surface area contributed by atoms with Gasteiger partial charge in [0, 0.05) is 31.3 Å². The van der Waals surface area contributed by atoms with E-state index < -0.39 is 5.82 Å². The van der Waals surface area contributed by atoms with Gasteiger partial charge in [0.2, 0.25) is 11.8 Å². The molecule has 0 heterocycles. The third-order valence-electron chi connectivity index (χ3n) is 3.71. The van der Waals surface area contributed by atoms with E-state index in [1.165, 1.54) is 35.6 Å². The molecular formula is C19H21FN2O2. The quantitative estimate of drug-likeness (QED) is 0.877. The number of carbonyl (C=O) groups excluding carboxylic acids is 2. The van der Waals surface area contributed by atoms with Gasteiger partial charge in [-0.25, -0.2) is 4.39 Å². The summed E-state index contributed by atoms with van der Waals surface area (Å²) < 4.78 is 13.3. The fourth-order valence-corrected chi connectivity index (χ4v) is 2.37. The molecule has 0 bridgehead atoms. The Balaban J connectivity index is 1.96. The van der Waals surface area contributed by atoms with Gasteiger partial charge in [0.25, 0.3) is 0 Å². The zero-order valence-electron chi connectivity index (χ0n) is 13.9. The first-order chi connectivity index (χ1) is 11.5. The molecule has 0 saturated carbocycles. The predicted octanol–water partition coefficient (Wildman–Crippen LogP) is 3.77. The molecule has 0 saturated heterocycles. The molecule has 0 radical (unpaired) electrons. The second kappa shape index (κ2) is 8.24. The summed E-state index contributed by atoms with van der Waals surface area (Å²) in [5.41, 5.74) is 2.36. The Kier molecular flexibility index (Phi) is 6.07. The van der Waals surface area contributed by atoms with E-state index in [1.807, 2.05) is 24.3 Å². The molecule has 1 N–H and O–H groups in total. The van der Waals surface area contributed by atoms with Gasteiger partial charge in [0.1, 0.15) is 5.82 Å². The second-order valence-electron chi connectivity index (χ2n) is 5.50. The van der Waals surface area contributed by atoms with Crippen LogP contribution in [0.5, 0.6) is 0 Å². The summed E-state index contributed by atoms with van der Waals surface area (Å²) in [6, 6.07) is 13.4. The van der Waals surface area contributed by atoms with Crippen molar-refractivity contribution >= 4 is 23.2 Å². The fourth-order valence-electron chi connectivity index (χ4n) is 2.37. The van der Waals surface area contributed by atoms with Crippen molar-refractivity contribution in [3.05, 3.63) is 59.9 Å². The van der Waals surface area contributed by atoms with Gasteiger partial charge in [-0.15, -0.1) is 0 Å². The highest BCUT2D eigenvalue weighted by molar-refractivity contribution is 5.94. The number of carbonyl (C=O) groups is 2. The van der Waals surface area contributed by atoms with E-state index in [2.05, 4.69) is 12.2 Å². The van der Waals surface area contributed by atoms with Gasteiger partial charge >= 0.3 is 0 Å². The lowest BCUT2D eigenvalue weighted by Gasteiger charge is -2.21. The van der Waals surface area contributed by atoms with Crippen molar-refractivity contribution in [1.29, 1.82) is 0 Å². The number of halogens is 1. The predicted molar refractivity (Wildman–Crippen MR) is 93.5 cm³/mol. The zero-order chi connectivity index (χ0) is 17.5. The summed E-state index contributed by atoms with van der Waals surface area (Å²) in [5.74, 6) is -0.846. The van der Waals surface area contributed by atoms with Crippen LogP contribution in [0.15, 0.2) is 48.5 Å². The van der Waals surface area contributed by atoms with Gasteiger partial charge in [-0.2, -0.15) is 0 Å². The third kappa shape index (κ3) is 4.91. The molecule has 0 aliphatic rings. The number of benzene rings is 2. The van der Waals surface area contributed by atoms with Crippen LogP contribution in [0.4, 0.5) is 15.8 Å². The maximum atomic E-state index is 13.3. The minimum absolute atomic E-state index is 0.131. The second-order valence-corrected chi connectivity index (χ2v) is 5.50. The molecule has 0 fully saturated rings. The van der Waals surface area contributed by atoms with Crippen molar-refractivity contribution < 1.29 is 14.0 Å². The highest BCUT2D eigenvalue weighted by Crippen LogP contribution is 2.16. The Bertz CT molecular complexity index is 714. The molecule has 0 aliphatic heterocycles. The van der Waals surface area contributed by atoms with Crippen molar-refractivity contribution in [2.24, 2.45) is 0 Å². The average molecular weight is 328 g/mol. The van der Waals surface area contributed by atoms with Crippen LogP contribution in [0, 0.1) is 5.82 Å². The lowest BCUT2D eigenvalue weighted by molar-refractivity contribution is -0.117. The lowest BCUT2D eigenvalue weighted by atomic mass is 10.1. The Morgan fingerprint density at radius 3 is 2.42 bits per heavy atom. The highest BCUT2D eigenvalue weighted by Gasteiger charge is 2.14. The summed E-state index contributed by atoms with van der Waals surface area (Å²) in [6.45, 7) is 3.65. The number of aryl methyl sites for hydroxylation is 1. The first kappa shape index (κ1) is 17.7. The molecule has 2 aromatic carbocycles. The highest BCUT2D eigenvalue weighted by atomic mass is 19.1. The Labute approximate surface area is 141 Å². The molecule has 4 nitrogen and oxygen atoms in total. The van der Waals surface area contributed by atoms with E-state index in [1.54, 1.807) is 6.07 Å². The zero-order valence-corrected chi connectivity index (χ0v) is 13.9. The van der Waals surface area contributed by atoms with Gasteiger partial charge in [-0.3, -0.25) is 9.59 Å². The normalized spacial score (nSPS) is 10.3. The summed E-state index contributed by atoms with van der Waals surface area (Å²) in [5, 5.41) is 2.80. The number of nitrogens with zero attached hydrogens (tertiary/aromatic N) is 1. The number of hydrogen-bond acceptors (Lipinski definition) is 2. The van der Waals surface area contributed by atoms with E-state index in [9.17, 15) is 14.0 Å². The SMILES string of the molecule is CCc1ccc(NC(=O)CCN(C(C)=O)c2cccc(F)c2)cc1. The molecule has 0 unspecified atom stereocenters. The molecule has 126 valence electrons. The molecule has 0 aromatic heterocycles. The maximum absolute atomic E-state index is 13.3. The number of anilines is 2. The topological polar surface area (TPSA) is 49.4 Å². The molecule has 5 heteroatoms. The van der Waals surface area contributed by atoms with Gasteiger partial charge in [0.05, 0.1) is 0 Å². The van der Waals surface area contributed by atoms with Crippen LogP contribution in [0.3, 0.4) is 0 Å². The standard InChI is InChI=1S/C19H21FN2O2/c1-3-15-7-9-17(10-8-15)21-19(24)11-12-22(14(2)23)18-6-4-5-16(20)13-18/h4-10,13H,3,11-12H2,1-2H3,(H,21,24). The summed E-state index contributed by atoms with van der Waals surface area (Å²) in [4.78, 5) is 25.2. The molecule has 0 atom stereocenters. The summed E-state index contributed by atoms with van der Waals surface area (Å²) in [7, 11) is 0. The van der Waals surface area contributed by atoms with Crippen LogP contribution in [0.2, 0.25) is 0 Å². The van der Waals surface area contributed by atoms with Gasteiger partial charge < -0.3 is 10.2 Å². The van der Waals surface area contributed by atoms with Crippen molar-refractivity contribution in [2.45, 2.75) is 26.7 Å². The molecule has 2 amide bonds. The van der Waals surface area contributed by atoms with Gasteiger partial charge in [-0.05, 0) is 42.3 Å². The molecular weight excluding hydrogens is 307 g/mol. The van der Waals surface area contributed by atoms with Crippen molar-refractivity contribution in [3.63, 3.8) is 0 Å². The largest absolute Gasteiger partial charge is 0.326 e. The number of nitrogens with one attached hydrogen (secondary N) is 1. The maximum Gasteiger partial charge on any atom is 0.226 e. The van der Waals surface area contributed by atoms with Crippen LogP contribution in [-0.4, -0.2) is 18.4 Å². The smallest absolute Gasteiger partial charge is 0.226 e. The van der Waals surface area contributed by atoms with Crippen molar-refractivity contribution in [2.75, 3.05) is 16.8 Å². The monoisotopic (exact) mass is 328 g/mol. The van der Waals surface area contributed by atoms with Crippen molar-refractivity contribution in [3.8, 4) is 0 Å². The minimum atomic E-state index is -0.417. The number of amides is 2. The van der Waals surface area contributed by atoms with Crippen LogP contribution in [0.25, 0.3) is 0 Å². The number of rotatable bonds is 6. The molecule has 24 heavy (non-hydrogen) atoms. The van der Waals surface area contributed by atoms with E-state index in [-0.39, 0.29) is 24.8 Å². The van der Waals surface area contributed by atoms with Gasteiger partial charge in [-0.1, -0.05) is 25.1 Å². The van der Waals surface area contributed by atoms with Crippen molar-refractivity contribution in [1.82, 2.24) is 0 Å². The number of hydrogen-bond donors (Lipinski definition) is 1. The fraction of sp³-hybridized carbons (Fsp3) is 0.263. The first-order valence-corrected chi connectivity index (χ1v) is 7.92. The van der Waals surface area contributed by atoms with Gasteiger partial charge in [0.15, 0.2) is 0 Å². The van der Waals surface area contributed by atoms with Crippen LogP contribution >= 0.6 is 0 Å². The molecule has 2 rings (SSSR count). The molecule has 2 aromatic rings.